The Kier molecular flexibility index (Phi) is 11.2. The molecule has 29 heavy (non-hydrogen) atoms. The molecule has 1 aliphatic heterocycles. The van der Waals surface area contributed by atoms with Crippen LogP contribution in [0.5, 0.6) is 0 Å². The number of nitrogens with one attached hydrogen (secondary N) is 1. The predicted molar refractivity (Wildman–Crippen MR) is 129 cm³/mol. The molecule has 0 aromatic rings. The van der Waals surface area contributed by atoms with Gasteiger partial charge in [-0.3, -0.25) is 4.79 Å². The molecule has 0 aliphatic carbocycles. The first-order chi connectivity index (χ1) is 13.6. The van der Waals surface area contributed by atoms with Crippen molar-refractivity contribution in [2.45, 2.75) is 124 Å². The highest BCUT2D eigenvalue weighted by Gasteiger charge is 2.40. The third kappa shape index (κ3) is 8.57. The first-order valence-electron chi connectivity index (χ1n) is 12.2. The SMILES string of the molecule is CC/C1=C/C[C@@H](O[Si](C)(C)C(C)(C)C)[C@H](CC)CCCNC(=O)[C@H](CC)CCC1. The molecule has 3 atom stereocenters. The second-order valence-corrected chi connectivity index (χ2v) is 15.2. The van der Waals surface area contributed by atoms with E-state index >= 15 is 0 Å². The molecule has 1 N–H and O–H groups in total. The minimum absolute atomic E-state index is 0.174. The number of carbonyl (C=O) groups excluding carboxylic acids is 1. The van der Waals surface area contributed by atoms with Gasteiger partial charge in [0.2, 0.25) is 5.91 Å². The lowest BCUT2D eigenvalue weighted by molar-refractivity contribution is -0.125. The van der Waals surface area contributed by atoms with Gasteiger partial charge in [-0.25, -0.2) is 0 Å². The number of hydrogen-bond acceptors (Lipinski definition) is 2. The molecule has 0 spiro atoms. The van der Waals surface area contributed by atoms with Gasteiger partial charge in [-0.15, -0.1) is 0 Å². The van der Waals surface area contributed by atoms with Crippen LogP contribution in [0.1, 0.15) is 99.3 Å². The van der Waals surface area contributed by atoms with E-state index in [1.165, 1.54) is 5.57 Å². The molecule has 4 heteroatoms. The molecule has 0 fully saturated rings. The van der Waals surface area contributed by atoms with Crippen molar-refractivity contribution < 1.29 is 9.22 Å². The van der Waals surface area contributed by atoms with E-state index in [9.17, 15) is 4.79 Å². The third-order valence-electron chi connectivity index (χ3n) is 7.36. The maximum atomic E-state index is 12.5. The number of rotatable bonds is 5. The molecule has 1 amide bonds. The Labute approximate surface area is 182 Å². The van der Waals surface area contributed by atoms with Crippen molar-refractivity contribution in [3.63, 3.8) is 0 Å². The zero-order valence-corrected chi connectivity index (χ0v) is 21.7. The number of amides is 1. The summed E-state index contributed by atoms with van der Waals surface area (Å²) in [7, 11) is -1.82. The Morgan fingerprint density at radius 2 is 1.79 bits per heavy atom. The summed E-state index contributed by atoms with van der Waals surface area (Å²) < 4.78 is 6.96. The highest BCUT2D eigenvalue weighted by atomic mass is 28.4. The molecule has 1 rings (SSSR count). The van der Waals surface area contributed by atoms with Gasteiger partial charge in [-0.05, 0) is 75.4 Å². The molecular formula is C25H49NO2Si. The van der Waals surface area contributed by atoms with Crippen LogP contribution < -0.4 is 5.32 Å². The van der Waals surface area contributed by atoms with Crippen molar-refractivity contribution in [3.05, 3.63) is 11.6 Å². The van der Waals surface area contributed by atoms with Crippen molar-refractivity contribution in [2.24, 2.45) is 11.8 Å². The average Bonchev–Trinajstić information content (AvgIpc) is 2.65. The largest absolute Gasteiger partial charge is 0.413 e. The van der Waals surface area contributed by atoms with Crippen LogP contribution in [0, 0.1) is 11.8 Å². The van der Waals surface area contributed by atoms with Crippen LogP contribution >= 0.6 is 0 Å². The maximum Gasteiger partial charge on any atom is 0.223 e. The minimum Gasteiger partial charge on any atom is -0.413 e. The number of hydrogen-bond donors (Lipinski definition) is 1. The fourth-order valence-electron chi connectivity index (χ4n) is 4.07. The van der Waals surface area contributed by atoms with E-state index in [1.807, 2.05) is 0 Å². The molecule has 170 valence electrons. The summed E-state index contributed by atoms with van der Waals surface area (Å²) in [5, 5.41) is 3.44. The molecule has 1 heterocycles. The van der Waals surface area contributed by atoms with E-state index in [1.54, 1.807) is 0 Å². The van der Waals surface area contributed by atoms with Crippen LogP contribution in [-0.4, -0.2) is 26.9 Å². The summed E-state index contributed by atoms with van der Waals surface area (Å²) in [6, 6.07) is 0. The fourth-order valence-corrected chi connectivity index (χ4v) is 5.47. The topological polar surface area (TPSA) is 38.3 Å². The van der Waals surface area contributed by atoms with Crippen molar-refractivity contribution in [2.75, 3.05) is 6.54 Å². The van der Waals surface area contributed by atoms with Gasteiger partial charge < -0.3 is 9.74 Å². The highest BCUT2D eigenvalue weighted by Crippen LogP contribution is 2.39. The van der Waals surface area contributed by atoms with E-state index in [2.05, 4.69) is 66.0 Å². The standard InChI is InChI=1S/C25H49NO2Si/c1-9-20-14-12-15-22(11-3)24(27)26-19-13-16-21(10-2)23(18-17-20)28-29(7,8)25(4,5)6/h17,21-23H,9-16,18-19H2,1-8H3,(H,26,27)/b20-17-/t21-,22-,23-/m1/s1. The molecule has 0 aromatic heterocycles. The summed E-state index contributed by atoms with van der Waals surface area (Å²) in [5.41, 5.74) is 1.54. The summed E-state index contributed by atoms with van der Waals surface area (Å²) in [6.45, 7) is 19.2. The van der Waals surface area contributed by atoms with Crippen LogP contribution in [-0.2, 0) is 9.22 Å². The number of carbonyl (C=O) groups is 1. The lowest BCUT2D eigenvalue weighted by atomic mass is 9.90. The van der Waals surface area contributed by atoms with Crippen LogP contribution in [0.25, 0.3) is 0 Å². The molecular weight excluding hydrogens is 374 g/mol. The lowest BCUT2D eigenvalue weighted by Gasteiger charge is -2.41. The maximum absolute atomic E-state index is 12.5. The zero-order valence-electron chi connectivity index (χ0n) is 20.7. The summed E-state index contributed by atoms with van der Waals surface area (Å²) >= 11 is 0. The van der Waals surface area contributed by atoms with E-state index in [0.717, 1.165) is 64.3 Å². The Morgan fingerprint density at radius 1 is 1.10 bits per heavy atom. The van der Waals surface area contributed by atoms with Crippen molar-refractivity contribution >= 4 is 14.2 Å². The average molecular weight is 424 g/mol. The number of allylic oxidation sites excluding steroid dienone is 1. The van der Waals surface area contributed by atoms with Crippen LogP contribution in [0.2, 0.25) is 18.1 Å². The fraction of sp³-hybridized carbons (Fsp3) is 0.880. The second-order valence-electron chi connectivity index (χ2n) is 10.5. The van der Waals surface area contributed by atoms with Crippen LogP contribution in [0.3, 0.4) is 0 Å². The molecule has 0 radical (unpaired) electrons. The Bertz CT molecular complexity index is 521. The van der Waals surface area contributed by atoms with Gasteiger partial charge in [0.25, 0.3) is 0 Å². The quantitative estimate of drug-likeness (QED) is 0.374. The zero-order chi connectivity index (χ0) is 22.1. The molecule has 0 saturated carbocycles. The predicted octanol–water partition coefficient (Wildman–Crippen LogP) is 7.24. The minimum atomic E-state index is -1.82. The Hall–Kier alpha value is -0.613. The van der Waals surface area contributed by atoms with Crippen molar-refractivity contribution in [3.8, 4) is 0 Å². The van der Waals surface area contributed by atoms with Gasteiger partial charge in [-0.1, -0.05) is 59.6 Å². The monoisotopic (exact) mass is 423 g/mol. The smallest absolute Gasteiger partial charge is 0.223 e. The normalized spacial score (nSPS) is 28.2. The Morgan fingerprint density at radius 3 is 2.34 bits per heavy atom. The van der Waals surface area contributed by atoms with E-state index in [0.29, 0.717) is 12.0 Å². The first-order valence-corrected chi connectivity index (χ1v) is 15.1. The van der Waals surface area contributed by atoms with Gasteiger partial charge in [0.05, 0.1) is 6.10 Å². The van der Waals surface area contributed by atoms with Gasteiger partial charge in [0.15, 0.2) is 8.32 Å². The van der Waals surface area contributed by atoms with Crippen molar-refractivity contribution in [1.82, 2.24) is 5.32 Å². The van der Waals surface area contributed by atoms with Gasteiger partial charge in [0, 0.05) is 12.5 Å². The lowest BCUT2D eigenvalue weighted by Crippen LogP contribution is -2.45. The van der Waals surface area contributed by atoms with Gasteiger partial charge in [-0.2, -0.15) is 0 Å². The molecule has 1 aliphatic rings. The van der Waals surface area contributed by atoms with Crippen LogP contribution in [0.15, 0.2) is 11.6 Å². The van der Waals surface area contributed by atoms with Crippen LogP contribution in [0.4, 0.5) is 0 Å². The van der Waals surface area contributed by atoms with E-state index in [4.69, 9.17) is 4.43 Å². The Balaban J connectivity index is 3.05. The molecule has 0 aromatic carbocycles. The molecule has 0 bridgehead atoms. The van der Waals surface area contributed by atoms with E-state index in [-0.39, 0.29) is 16.9 Å². The molecule has 3 nitrogen and oxygen atoms in total. The van der Waals surface area contributed by atoms with Gasteiger partial charge >= 0.3 is 0 Å². The summed E-state index contributed by atoms with van der Waals surface area (Å²) in [5.74, 6) is 0.988. The van der Waals surface area contributed by atoms with Gasteiger partial charge in [0.1, 0.15) is 0 Å². The molecule has 0 saturated heterocycles. The summed E-state index contributed by atoms with van der Waals surface area (Å²) in [4.78, 5) is 12.5. The summed E-state index contributed by atoms with van der Waals surface area (Å²) in [6.07, 6.45) is 12.4. The second kappa shape index (κ2) is 12.3. The van der Waals surface area contributed by atoms with E-state index < -0.39 is 8.32 Å². The highest BCUT2D eigenvalue weighted by molar-refractivity contribution is 6.74. The molecule has 0 unspecified atom stereocenters. The third-order valence-corrected chi connectivity index (χ3v) is 11.9. The van der Waals surface area contributed by atoms with Crippen molar-refractivity contribution in [1.29, 1.82) is 0 Å². The first kappa shape index (κ1) is 26.4.